The van der Waals surface area contributed by atoms with Crippen molar-refractivity contribution in [3.05, 3.63) is 95.3 Å². The lowest BCUT2D eigenvalue weighted by atomic mass is 10.0. The molecule has 0 heterocycles. The molecular weight excluding hydrogens is 371 g/mol. The van der Waals surface area contributed by atoms with Gasteiger partial charge in [-0.25, -0.2) is 13.2 Å². The minimum Gasteiger partial charge on any atom is -0.484 e. The van der Waals surface area contributed by atoms with Crippen LogP contribution in [0, 0.1) is 17.5 Å². The van der Waals surface area contributed by atoms with Crippen molar-refractivity contribution in [2.24, 2.45) is 0 Å². The third kappa shape index (κ3) is 4.37. The fourth-order valence-corrected chi connectivity index (χ4v) is 2.42. The normalized spacial score (nSPS) is 10.4. The van der Waals surface area contributed by atoms with Gasteiger partial charge < -0.3 is 10.1 Å². The molecule has 0 saturated carbocycles. The van der Waals surface area contributed by atoms with E-state index in [4.69, 9.17) is 4.74 Å². The van der Waals surface area contributed by atoms with Gasteiger partial charge in [-0.05, 0) is 36.4 Å². The highest BCUT2D eigenvalue weighted by molar-refractivity contribution is 6.09. The fraction of sp³-hybridized carbons (Fsp3) is 0.0476. The van der Waals surface area contributed by atoms with E-state index in [9.17, 15) is 22.8 Å². The highest BCUT2D eigenvalue weighted by atomic mass is 19.2. The number of amides is 1. The van der Waals surface area contributed by atoms with Crippen LogP contribution in [-0.4, -0.2) is 18.3 Å². The molecule has 0 fully saturated rings. The molecule has 7 heteroatoms. The summed E-state index contributed by atoms with van der Waals surface area (Å²) in [5, 5.41) is 2.10. The molecule has 4 nitrogen and oxygen atoms in total. The lowest BCUT2D eigenvalue weighted by Crippen LogP contribution is -2.21. The number of ketones is 1. The van der Waals surface area contributed by atoms with Crippen molar-refractivity contribution in [1.82, 2.24) is 0 Å². The van der Waals surface area contributed by atoms with Crippen molar-refractivity contribution >= 4 is 17.4 Å². The van der Waals surface area contributed by atoms with E-state index in [1.54, 1.807) is 36.4 Å². The SMILES string of the molecule is O=C(COc1ccc(C(=O)c2ccccc2)cc1)Nc1ccc(F)c(F)c1F. The Morgan fingerprint density at radius 3 is 2.11 bits per heavy atom. The first-order valence-corrected chi connectivity index (χ1v) is 8.21. The van der Waals surface area contributed by atoms with Crippen molar-refractivity contribution < 1.29 is 27.5 Å². The number of carbonyl (C=O) groups is 2. The Kier molecular flexibility index (Phi) is 5.74. The first-order chi connectivity index (χ1) is 13.5. The molecule has 1 amide bonds. The van der Waals surface area contributed by atoms with Crippen molar-refractivity contribution in [3.8, 4) is 5.75 Å². The van der Waals surface area contributed by atoms with E-state index in [0.29, 0.717) is 22.9 Å². The summed E-state index contributed by atoms with van der Waals surface area (Å²) in [6.45, 7) is -0.482. The maximum Gasteiger partial charge on any atom is 0.262 e. The van der Waals surface area contributed by atoms with Crippen LogP contribution in [0.3, 0.4) is 0 Å². The first kappa shape index (κ1) is 19.2. The zero-order valence-electron chi connectivity index (χ0n) is 14.4. The molecule has 0 aliphatic rings. The molecule has 0 saturated heterocycles. The Morgan fingerprint density at radius 2 is 1.43 bits per heavy atom. The highest BCUT2D eigenvalue weighted by Crippen LogP contribution is 2.20. The van der Waals surface area contributed by atoms with Crippen molar-refractivity contribution in [3.63, 3.8) is 0 Å². The van der Waals surface area contributed by atoms with Crippen molar-refractivity contribution in [2.45, 2.75) is 0 Å². The Hall–Kier alpha value is -3.61. The predicted molar refractivity (Wildman–Crippen MR) is 96.8 cm³/mol. The summed E-state index contributed by atoms with van der Waals surface area (Å²) in [4.78, 5) is 24.1. The minimum absolute atomic E-state index is 0.154. The summed E-state index contributed by atoms with van der Waals surface area (Å²) in [6, 6.07) is 16.5. The second-order valence-corrected chi connectivity index (χ2v) is 5.78. The molecule has 1 N–H and O–H groups in total. The van der Waals surface area contributed by atoms with Crippen LogP contribution in [0.4, 0.5) is 18.9 Å². The Bertz CT molecular complexity index is 1010. The molecule has 28 heavy (non-hydrogen) atoms. The van der Waals surface area contributed by atoms with Crippen LogP contribution in [0.2, 0.25) is 0 Å². The monoisotopic (exact) mass is 385 g/mol. The molecule has 142 valence electrons. The standard InChI is InChI=1S/C21H14F3NO3/c22-16-10-11-17(20(24)19(16)23)25-18(26)12-28-15-8-6-14(7-9-15)21(27)13-4-2-1-3-5-13/h1-11H,12H2,(H,25,26). The van der Waals surface area contributed by atoms with E-state index >= 15 is 0 Å². The zero-order chi connectivity index (χ0) is 20.1. The summed E-state index contributed by atoms with van der Waals surface area (Å²) < 4.78 is 44.9. The predicted octanol–water partition coefficient (Wildman–Crippen LogP) is 4.35. The number of rotatable bonds is 6. The number of halogens is 3. The van der Waals surface area contributed by atoms with E-state index < -0.39 is 35.7 Å². The van der Waals surface area contributed by atoms with Gasteiger partial charge in [-0.2, -0.15) is 0 Å². The van der Waals surface area contributed by atoms with Gasteiger partial charge in [0.1, 0.15) is 5.75 Å². The average Bonchev–Trinajstić information content (AvgIpc) is 2.73. The number of ether oxygens (including phenoxy) is 1. The fourth-order valence-electron chi connectivity index (χ4n) is 2.42. The van der Waals surface area contributed by atoms with Gasteiger partial charge in [-0.15, -0.1) is 0 Å². The Labute approximate surface area is 158 Å². The molecule has 3 aromatic carbocycles. The summed E-state index contributed by atoms with van der Waals surface area (Å²) in [5.74, 6) is -5.11. The van der Waals surface area contributed by atoms with E-state index in [0.717, 1.165) is 6.07 Å². The van der Waals surface area contributed by atoms with Crippen LogP contribution < -0.4 is 10.1 Å². The summed E-state index contributed by atoms with van der Waals surface area (Å²) >= 11 is 0. The molecule has 0 bridgehead atoms. The zero-order valence-corrected chi connectivity index (χ0v) is 14.4. The second-order valence-electron chi connectivity index (χ2n) is 5.78. The van der Waals surface area contributed by atoms with Gasteiger partial charge in [0.25, 0.3) is 5.91 Å². The maximum atomic E-state index is 13.5. The number of nitrogens with one attached hydrogen (secondary N) is 1. The van der Waals surface area contributed by atoms with Gasteiger partial charge in [-0.1, -0.05) is 30.3 Å². The molecule has 0 unspecified atom stereocenters. The molecule has 0 atom stereocenters. The van der Waals surface area contributed by atoms with E-state index in [-0.39, 0.29) is 5.78 Å². The quantitative estimate of drug-likeness (QED) is 0.507. The number of hydrogen-bond acceptors (Lipinski definition) is 3. The van der Waals surface area contributed by atoms with E-state index in [1.165, 1.54) is 12.1 Å². The third-order valence-corrected chi connectivity index (χ3v) is 3.83. The van der Waals surface area contributed by atoms with Gasteiger partial charge in [-0.3, -0.25) is 9.59 Å². The summed E-state index contributed by atoms with van der Waals surface area (Å²) in [6.07, 6.45) is 0. The second kappa shape index (κ2) is 8.39. The molecule has 0 aliphatic heterocycles. The average molecular weight is 385 g/mol. The third-order valence-electron chi connectivity index (χ3n) is 3.83. The van der Waals surface area contributed by atoms with Crippen LogP contribution in [0.5, 0.6) is 5.75 Å². The lowest BCUT2D eigenvalue weighted by Gasteiger charge is -2.09. The topological polar surface area (TPSA) is 55.4 Å². The Morgan fingerprint density at radius 1 is 0.786 bits per heavy atom. The highest BCUT2D eigenvalue weighted by Gasteiger charge is 2.15. The van der Waals surface area contributed by atoms with Crippen LogP contribution in [0.25, 0.3) is 0 Å². The number of anilines is 1. The largest absolute Gasteiger partial charge is 0.484 e. The molecule has 0 aromatic heterocycles. The van der Waals surface area contributed by atoms with Crippen LogP contribution in [-0.2, 0) is 4.79 Å². The smallest absolute Gasteiger partial charge is 0.262 e. The van der Waals surface area contributed by atoms with Gasteiger partial charge in [0, 0.05) is 11.1 Å². The molecule has 0 aliphatic carbocycles. The molecule has 3 aromatic rings. The molecule has 0 spiro atoms. The van der Waals surface area contributed by atoms with E-state index in [1.807, 2.05) is 6.07 Å². The van der Waals surface area contributed by atoms with Gasteiger partial charge in [0.05, 0.1) is 5.69 Å². The van der Waals surface area contributed by atoms with E-state index in [2.05, 4.69) is 5.32 Å². The summed E-state index contributed by atoms with van der Waals surface area (Å²) in [7, 11) is 0. The number of carbonyl (C=O) groups excluding carboxylic acids is 2. The first-order valence-electron chi connectivity index (χ1n) is 8.21. The van der Waals surface area contributed by atoms with Gasteiger partial charge in [0.15, 0.2) is 29.8 Å². The van der Waals surface area contributed by atoms with Crippen LogP contribution in [0.1, 0.15) is 15.9 Å². The Balaban J connectivity index is 1.58. The maximum absolute atomic E-state index is 13.5. The van der Waals surface area contributed by atoms with Gasteiger partial charge >= 0.3 is 0 Å². The summed E-state index contributed by atoms with van der Waals surface area (Å²) in [5.41, 5.74) is 0.507. The minimum atomic E-state index is -1.67. The van der Waals surface area contributed by atoms with Gasteiger partial charge in [0.2, 0.25) is 0 Å². The molecular formula is C21H14F3NO3. The number of benzene rings is 3. The van der Waals surface area contributed by atoms with Crippen LogP contribution >= 0.6 is 0 Å². The van der Waals surface area contributed by atoms with Crippen molar-refractivity contribution in [1.29, 1.82) is 0 Å². The molecule has 0 radical (unpaired) electrons. The van der Waals surface area contributed by atoms with Crippen molar-refractivity contribution in [2.75, 3.05) is 11.9 Å². The molecule has 3 rings (SSSR count). The van der Waals surface area contributed by atoms with Crippen LogP contribution in [0.15, 0.2) is 66.7 Å². The lowest BCUT2D eigenvalue weighted by molar-refractivity contribution is -0.118. The number of hydrogen-bond donors (Lipinski definition) is 1.